The van der Waals surface area contributed by atoms with Crippen molar-refractivity contribution in [1.29, 1.82) is 0 Å². The molecule has 1 saturated heterocycles. The van der Waals surface area contributed by atoms with E-state index in [0.717, 1.165) is 27.8 Å². The topological polar surface area (TPSA) is 105 Å². The van der Waals surface area contributed by atoms with Crippen LogP contribution in [-0.4, -0.2) is 50.5 Å². The fraction of sp³-hybridized carbons (Fsp3) is 0.406. The summed E-state index contributed by atoms with van der Waals surface area (Å²) in [5.74, 6) is 0.692. The monoisotopic (exact) mass is 586 g/mol. The molecule has 0 bridgehead atoms. The molecule has 7 nitrogen and oxygen atoms in total. The van der Waals surface area contributed by atoms with Crippen LogP contribution in [0.4, 0.5) is 4.39 Å². The van der Waals surface area contributed by atoms with Crippen molar-refractivity contribution < 1.29 is 37.6 Å². The van der Waals surface area contributed by atoms with Crippen molar-refractivity contribution >= 4 is 16.6 Å². The molecule has 3 N–H and O–H groups in total. The third-order valence-corrected chi connectivity index (χ3v) is 9.07. The quantitative estimate of drug-likeness (QED) is 0.211. The van der Waals surface area contributed by atoms with Gasteiger partial charge in [-0.25, -0.2) is 4.39 Å². The summed E-state index contributed by atoms with van der Waals surface area (Å²) in [6.45, 7) is 6.42. The Morgan fingerprint density at radius 1 is 0.976 bits per heavy atom. The molecular weight excluding hydrogens is 547 g/mol. The van der Waals surface area contributed by atoms with Crippen molar-refractivity contribution in [2.45, 2.75) is 58.7 Å². The van der Waals surface area contributed by atoms with Crippen LogP contribution in [0.25, 0.3) is 11.1 Å². The second kappa shape index (κ2) is 13.2. The lowest BCUT2D eigenvalue weighted by Gasteiger charge is -2.43. The number of carbonyl (C=O) groups is 1. The molecule has 3 aromatic rings. The number of carbonyl (C=O) groups excluding carboxylic acids is 1. The summed E-state index contributed by atoms with van der Waals surface area (Å²) in [5.41, 5.74) is 4.43. The van der Waals surface area contributed by atoms with Gasteiger partial charge in [-0.05, 0) is 97.7 Å². The average molecular weight is 587 g/mol. The van der Waals surface area contributed by atoms with E-state index in [-0.39, 0.29) is 43.5 Å². The van der Waals surface area contributed by atoms with E-state index >= 15 is 0 Å². The van der Waals surface area contributed by atoms with E-state index in [1.54, 1.807) is 19.1 Å². The SMILES string of the molecule is CCOC(=O)CCc1ccc(OCc2cccc(-c3c(C)cc(OCC4(O)CCS(O)(O)CC4)cc3C)c2)cc1F. The summed E-state index contributed by atoms with van der Waals surface area (Å²) >= 11 is 0. The Balaban J connectivity index is 1.38. The fourth-order valence-corrected chi connectivity index (χ4v) is 6.65. The lowest BCUT2D eigenvalue weighted by molar-refractivity contribution is -0.143. The molecule has 0 spiro atoms. The van der Waals surface area contributed by atoms with E-state index in [1.165, 1.54) is 6.07 Å². The summed E-state index contributed by atoms with van der Waals surface area (Å²) in [7, 11) is -2.58. The Morgan fingerprint density at radius 2 is 1.68 bits per heavy atom. The van der Waals surface area contributed by atoms with Crippen LogP contribution in [0.3, 0.4) is 0 Å². The van der Waals surface area contributed by atoms with Crippen molar-refractivity contribution in [1.82, 2.24) is 0 Å². The molecule has 0 atom stereocenters. The minimum absolute atomic E-state index is 0.0978. The van der Waals surface area contributed by atoms with Gasteiger partial charge in [0.25, 0.3) is 0 Å². The Kier molecular flexibility index (Phi) is 9.96. The van der Waals surface area contributed by atoms with Crippen LogP contribution in [0.15, 0.2) is 54.6 Å². The molecule has 222 valence electrons. The highest BCUT2D eigenvalue weighted by Crippen LogP contribution is 2.47. The van der Waals surface area contributed by atoms with Crippen molar-refractivity contribution in [2.24, 2.45) is 0 Å². The maximum atomic E-state index is 14.6. The Bertz CT molecular complexity index is 1340. The highest BCUT2D eigenvalue weighted by atomic mass is 32.3. The van der Waals surface area contributed by atoms with Crippen LogP contribution in [-0.2, 0) is 22.6 Å². The number of ether oxygens (including phenoxy) is 3. The first-order valence-corrected chi connectivity index (χ1v) is 15.7. The van der Waals surface area contributed by atoms with Crippen molar-refractivity contribution in [2.75, 3.05) is 24.7 Å². The third-order valence-electron chi connectivity index (χ3n) is 7.35. The number of aryl methyl sites for hydroxylation is 3. The molecule has 3 aromatic carbocycles. The number of halogens is 1. The third kappa shape index (κ3) is 8.45. The minimum atomic E-state index is -2.58. The number of rotatable bonds is 11. The predicted octanol–water partition coefficient (Wildman–Crippen LogP) is 6.84. The van der Waals surface area contributed by atoms with Gasteiger partial charge < -0.3 is 19.3 Å². The second-order valence-electron chi connectivity index (χ2n) is 10.7. The van der Waals surface area contributed by atoms with Crippen LogP contribution in [0.1, 0.15) is 48.4 Å². The number of benzene rings is 3. The molecule has 0 aliphatic carbocycles. The highest BCUT2D eigenvalue weighted by Gasteiger charge is 2.36. The lowest BCUT2D eigenvalue weighted by Crippen LogP contribution is -2.42. The zero-order valence-corrected chi connectivity index (χ0v) is 24.6. The first-order valence-electron chi connectivity index (χ1n) is 13.8. The molecule has 4 rings (SSSR count). The molecule has 1 fully saturated rings. The minimum Gasteiger partial charge on any atom is -0.491 e. The molecule has 0 amide bonds. The number of esters is 1. The summed E-state index contributed by atoms with van der Waals surface area (Å²) in [4.78, 5) is 11.6. The predicted molar refractivity (Wildman–Crippen MR) is 159 cm³/mol. The van der Waals surface area contributed by atoms with E-state index in [1.807, 2.05) is 50.2 Å². The molecule has 0 aromatic heterocycles. The smallest absolute Gasteiger partial charge is 0.306 e. The molecule has 0 radical (unpaired) electrons. The molecule has 41 heavy (non-hydrogen) atoms. The Hall–Kier alpha value is -3.11. The molecule has 9 heteroatoms. The summed E-state index contributed by atoms with van der Waals surface area (Å²) < 4.78 is 51.0. The van der Waals surface area contributed by atoms with Crippen LogP contribution in [0.2, 0.25) is 0 Å². The van der Waals surface area contributed by atoms with Crippen LogP contribution < -0.4 is 9.47 Å². The van der Waals surface area contributed by atoms with Crippen molar-refractivity contribution in [3.8, 4) is 22.6 Å². The van der Waals surface area contributed by atoms with E-state index in [9.17, 15) is 23.4 Å². The summed E-state index contributed by atoms with van der Waals surface area (Å²) in [5, 5.41) is 10.8. The Morgan fingerprint density at radius 3 is 2.34 bits per heavy atom. The molecular formula is C32H39FO7S. The van der Waals surface area contributed by atoms with Crippen molar-refractivity contribution in [3.05, 3.63) is 82.7 Å². The molecule has 0 unspecified atom stereocenters. The van der Waals surface area contributed by atoms with Gasteiger partial charge in [-0.15, -0.1) is 0 Å². The van der Waals surface area contributed by atoms with Crippen LogP contribution in [0.5, 0.6) is 11.5 Å². The second-order valence-corrected chi connectivity index (χ2v) is 13.1. The van der Waals surface area contributed by atoms with Gasteiger partial charge in [0.2, 0.25) is 0 Å². The summed E-state index contributed by atoms with van der Waals surface area (Å²) in [6, 6.07) is 16.5. The maximum Gasteiger partial charge on any atom is 0.306 e. The molecule has 1 aliphatic rings. The van der Waals surface area contributed by atoms with E-state index in [4.69, 9.17) is 14.2 Å². The maximum absolute atomic E-state index is 14.6. The van der Waals surface area contributed by atoms with Crippen LogP contribution in [0, 0.1) is 19.7 Å². The Labute approximate surface area is 242 Å². The number of aliphatic hydroxyl groups is 1. The lowest BCUT2D eigenvalue weighted by atomic mass is 9.94. The van der Waals surface area contributed by atoms with Gasteiger partial charge in [0.1, 0.15) is 36.1 Å². The molecule has 1 aliphatic heterocycles. The molecule has 1 heterocycles. The molecule has 0 saturated carbocycles. The van der Waals surface area contributed by atoms with Gasteiger partial charge in [0, 0.05) is 24.0 Å². The highest BCUT2D eigenvalue weighted by molar-refractivity contribution is 8.24. The number of hydrogen-bond acceptors (Lipinski definition) is 7. The first-order chi connectivity index (χ1) is 19.5. The van der Waals surface area contributed by atoms with Gasteiger partial charge in [0.05, 0.1) is 6.61 Å². The fourth-order valence-electron chi connectivity index (χ4n) is 5.03. The average Bonchev–Trinajstić information content (AvgIpc) is 2.92. The zero-order chi connectivity index (χ0) is 29.6. The summed E-state index contributed by atoms with van der Waals surface area (Å²) in [6.07, 6.45) is 0.993. The van der Waals surface area contributed by atoms with Gasteiger partial charge in [-0.1, -0.05) is 24.3 Å². The largest absolute Gasteiger partial charge is 0.491 e. The van der Waals surface area contributed by atoms with Gasteiger partial charge in [-0.2, -0.15) is 10.6 Å². The normalized spacial score (nSPS) is 16.6. The van der Waals surface area contributed by atoms with Crippen molar-refractivity contribution in [3.63, 3.8) is 0 Å². The van der Waals surface area contributed by atoms with Crippen LogP contribution >= 0.6 is 10.6 Å². The number of hydrogen-bond donors (Lipinski definition) is 3. The van der Waals surface area contributed by atoms with Gasteiger partial charge in [0.15, 0.2) is 0 Å². The standard InChI is InChI=1S/C32H39FO7S/c1-4-38-30(34)11-9-25-8-10-27(19-29(25)33)39-20-24-6-5-7-26(18-24)31-22(2)16-28(17-23(31)3)40-21-32(35)12-14-41(36,37)15-13-32/h5-8,10,16-19,35-37H,4,9,11-15,20-21H2,1-3H3. The van der Waals surface area contributed by atoms with E-state index in [0.29, 0.717) is 36.5 Å². The van der Waals surface area contributed by atoms with E-state index in [2.05, 4.69) is 0 Å². The zero-order valence-electron chi connectivity index (χ0n) is 23.8. The van der Waals surface area contributed by atoms with Gasteiger partial charge >= 0.3 is 5.97 Å². The van der Waals surface area contributed by atoms with Gasteiger partial charge in [-0.3, -0.25) is 13.9 Å². The first kappa shape index (κ1) is 30.8. The van der Waals surface area contributed by atoms with E-state index < -0.39 is 22.0 Å².